The summed E-state index contributed by atoms with van der Waals surface area (Å²) < 4.78 is 2.27. The van der Waals surface area contributed by atoms with Crippen molar-refractivity contribution in [2.45, 2.75) is 46.1 Å². The lowest BCUT2D eigenvalue weighted by Crippen LogP contribution is -2.17. The minimum atomic E-state index is 0.547. The predicted molar refractivity (Wildman–Crippen MR) is 64.1 cm³/mol. The molecule has 1 N–H and O–H groups in total. The first kappa shape index (κ1) is 12.2. The average molecular weight is 209 g/mol. The maximum absolute atomic E-state index is 4.45. The van der Waals surface area contributed by atoms with Crippen LogP contribution in [0.15, 0.2) is 12.4 Å². The third-order valence-electron chi connectivity index (χ3n) is 2.66. The summed E-state index contributed by atoms with van der Waals surface area (Å²) in [6, 6.07) is 0. The lowest BCUT2D eigenvalue weighted by molar-refractivity contribution is 0.544. The molecule has 0 amide bonds. The van der Waals surface area contributed by atoms with Crippen LogP contribution < -0.4 is 5.32 Å². The predicted octanol–water partition coefficient (Wildman–Crippen LogP) is 2.40. The van der Waals surface area contributed by atoms with E-state index >= 15 is 0 Å². The highest BCUT2D eigenvalue weighted by Gasteiger charge is 2.10. The third kappa shape index (κ3) is 3.67. The summed E-state index contributed by atoms with van der Waals surface area (Å²) in [5, 5.41) is 3.36. The molecule has 0 radical (unpaired) electrons. The summed E-state index contributed by atoms with van der Waals surface area (Å²) in [5.41, 5.74) is 0. The first-order valence-electron chi connectivity index (χ1n) is 6.01. The van der Waals surface area contributed by atoms with Crippen LogP contribution in [0.3, 0.4) is 0 Å². The normalized spacial score (nSPS) is 13.0. The molecule has 1 aromatic heterocycles. The Morgan fingerprint density at radius 2 is 2.27 bits per heavy atom. The Balaban J connectivity index is 2.48. The summed E-state index contributed by atoms with van der Waals surface area (Å²) in [7, 11) is 0. The Morgan fingerprint density at radius 3 is 2.93 bits per heavy atom. The molecule has 15 heavy (non-hydrogen) atoms. The standard InChI is InChI=1S/C12H23N3/c1-4-9-15-10-8-14-12(15)11(3)6-7-13-5-2/h8,10-11,13H,4-7,9H2,1-3H3. The molecule has 0 aromatic carbocycles. The molecule has 0 saturated carbocycles. The number of imidazole rings is 1. The van der Waals surface area contributed by atoms with Gasteiger partial charge in [0.05, 0.1) is 0 Å². The van der Waals surface area contributed by atoms with Crippen molar-refractivity contribution in [3.63, 3.8) is 0 Å². The smallest absolute Gasteiger partial charge is 0.111 e. The molecule has 0 fully saturated rings. The second kappa shape index (κ2) is 6.62. The van der Waals surface area contributed by atoms with Gasteiger partial charge in [0.2, 0.25) is 0 Å². The molecule has 0 saturated heterocycles. The Labute approximate surface area is 92.9 Å². The number of nitrogens with one attached hydrogen (secondary N) is 1. The molecule has 3 heteroatoms. The van der Waals surface area contributed by atoms with Crippen LogP contribution in [0.4, 0.5) is 0 Å². The van der Waals surface area contributed by atoms with Gasteiger partial charge in [-0.3, -0.25) is 0 Å². The van der Waals surface area contributed by atoms with Crippen molar-refractivity contribution in [3.05, 3.63) is 18.2 Å². The third-order valence-corrected chi connectivity index (χ3v) is 2.66. The molecule has 3 nitrogen and oxygen atoms in total. The quantitative estimate of drug-likeness (QED) is 0.699. The topological polar surface area (TPSA) is 29.9 Å². The van der Waals surface area contributed by atoms with Crippen LogP contribution in [-0.2, 0) is 6.54 Å². The molecular weight excluding hydrogens is 186 g/mol. The van der Waals surface area contributed by atoms with Crippen molar-refractivity contribution in [2.24, 2.45) is 0 Å². The van der Waals surface area contributed by atoms with E-state index in [1.807, 2.05) is 6.20 Å². The molecule has 1 rings (SSSR count). The summed E-state index contributed by atoms with van der Waals surface area (Å²) in [6.45, 7) is 9.81. The highest BCUT2D eigenvalue weighted by Crippen LogP contribution is 2.16. The molecule has 0 spiro atoms. The zero-order valence-electron chi connectivity index (χ0n) is 10.2. The minimum Gasteiger partial charge on any atom is -0.335 e. The van der Waals surface area contributed by atoms with Crippen molar-refractivity contribution in [1.29, 1.82) is 0 Å². The molecule has 1 aromatic rings. The number of rotatable bonds is 7. The van der Waals surface area contributed by atoms with Crippen molar-refractivity contribution in [2.75, 3.05) is 13.1 Å². The molecule has 0 bridgehead atoms. The van der Waals surface area contributed by atoms with Crippen LogP contribution in [0, 0.1) is 0 Å². The number of aryl methyl sites for hydroxylation is 1. The van der Waals surface area contributed by atoms with Gasteiger partial charge in [0, 0.05) is 24.9 Å². The van der Waals surface area contributed by atoms with Crippen LogP contribution >= 0.6 is 0 Å². The molecule has 1 atom stereocenters. The van der Waals surface area contributed by atoms with E-state index in [0.29, 0.717) is 5.92 Å². The highest BCUT2D eigenvalue weighted by molar-refractivity contribution is 4.99. The van der Waals surface area contributed by atoms with Gasteiger partial charge in [-0.05, 0) is 25.9 Å². The molecule has 0 aliphatic rings. The van der Waals surface area contributed by atoms with E-state index in [1.165, 1.54) is 12.2 Å². The van der Waals surface area contributed by atoms with Gasteiger partial charge in [-0.2, -0.15) is 0 Å². The fourth-order valence-corrected chi connectivity index (χ4v) is 1.81. The van der Waals surface area contributed by atoms with Gasteiger partial charge in [-0.25, -0.2) is 4.98 Å². The van der Waals surface area contributed by atoms with Crippen LogP contribution in [0.5, 0.6) is 0 Å². The van der Waals surface area contributed by atoms with Gasteiger partial charge in [0.15, 0.2) is 0 Å². The van der Waals surface area contributed by atoms with E-state index in [-0.39, 0.29) is 0 Å². The van der Waals surface area contributed by atoms with Crippen LogP contribution in [-0.4, -0.2) is 22.6 Å². The highest BCUT2D eigenvalue weighted by atomic mass is 15.1. The van der Waals surface area contributed by atoms with E-state index in [2.05, 4.69) is 41.8 Å². The largest absolute Gasteiger partial charge is 0.335 e. The maximum Gasteiger partial charge on any atom is 0.111 e. The van der Waals surface area contributed by atoms with E-state index < -0.39 is 0 Å². The second-order valence-corrected chi connectivity index (χ2v) is 4.02. The molecule has 1 unspecified atom stereocenters. The fourth-order valence-electron chi connectivity index (χ4n) is 1.81. The number of nitrogens with zero attached hydrogens (tertiary/aromatic N) is 2. The molecule has 0 aliphatic carbocycles. The van der Waals surface area contributed by atoms with Gasteiger partial charge in [0.25, 0.3) is 0 Å². The Bertz CT molecular complexity index is 268. The lowest BCUT2D eigenvalue weighted by Gasteiger charge is -2.13. The van der Waals surface area contributed by atoms with Crippen molar-refractivity contribution in [1.82, 2.24) is 14.9 Å². The zero-order valence-corrected chi connectivity index (χ0v) is 10.2. The van der Waals surface area contributed by atoms with E-state index in [0.717, 1.165) is 26.1 Å². The number of hydrogen-bond donors (Lipinski definition) is 1. The summed E-state index contributed by atoms with van der Waals surface area (Å²) >= 11 is 0. The van der Waals surface area contributed by atoms with Gasteiger partial charge < -0.3 is 9.88 Å². The first-order chi connectivity index (χ1) is 7.29. The number of hydrogen-bond acceptors (Lipinski definition) is 2. The van der Waals surface area contributed by atoms with Crippen molar-refractivity contribution >= 4 is 0 Å². The van der Waals surface area contributed by atoms with Gasteiger partial charge in [-0.1, -0.05) is 20.8 Å². The second-order valence-electron chi connectivity index (χ2n) is 4.02. The van der Waals surface area contributed by atoms with Gasteiger partial charge in [0.1, 0.15) is 5.82 Å². The first-order valence-corrected chi connectivity index (χ1v) is 6.01. The summed E-state index contributed by atoms with van der Waals surface area (Å²) in [6.07, 6.45) is 6.33. The van der Waals surface area contributed by atoms with Crippen molar-refractivity contribution in [3.8, 4) is 0 Å². The van der Waals surface area contributed by atoms with Crippen LogP contribution in [0.1, 0.15) is 45.4 Å². The van der Waals surface area contributed by atoms with E-state index in [4.69, 9.17) is 0 Å². The SMILES string of the molecule is CCCn1ccnc1C(C)CCNCC. The van der Waals surface area contributed by atoms with Gasteiger partial charge in [-0.15, -0.1) is 0 Å². The van der Waals surface area contributed by atoms with E-state index in [9.17, 15) is 0 Å². The maximum atomic E-state index is 4.45. The summed E-state index contributed by atoms with van der Waals surface area (Å²) in [4.78, 5) is 4.45. The lowest BCUT2D eigenvalue weighted by atomic mass is 10.1. The van der Waals surface area contributed by atoms with Crippen LogP contribution in [0.2, 0.25) is 0 Å². The Hall–Kier alpha value is -0.830. The Kier molecular flexibility index (Phi) is 5.40. The van der Waals surface area contributed by atoms with Crippen LogP contribution in [0.25, 0.3) is 0 Å². The van der Waals surface area contributed by atoms with E-state index in [1.54, 1.807) is 0 Å². The zero-order chi connectivity index (χ0) is 11.1. The molecular formula is C12H23N3. The number of aromatic nitrogens is 2. The van der Waals surface area contributed by atoms with Gasteiger partial charge >= 0.3 is 0 Å². The minimum absolute atomic E-state index is 0.547. The molecule has 86 valence electrons. The summed E-state index contributed by atoms with van der Waals surface area (Å²) in [5.74, 6) is 1.78. The molecule has 1 heterocycles. The fraction of sp³-hybridized carbons (Fsp3) is 0.750. The monoisotopic (exact) mass is 209 g/mol. The average Bonchev–Trinajstić information content (AvgIpc) is 2.67. The molecule has 0 aliphatic heterocycles. The Morgan fingerprint density at radius 1 is 1.47 bits per heavy atom. The van der Waals surface area contributed by atoms with Crippen molar-refractivity contribution < 1.29 is 0 Å².